The van der Waals surface area contributed by atoms with Crippen molar-refractivity contribution in [2.24, 2.45) is 5.92 Å². The Morgan fingerprint density at radius 2 is 2.25 bits per heavy atom. The van der Waals surface area contributed by atoms with Crippen LogP contribution in [-0.2, 0) is 0 Å². The number of rotatable bonds is 0. The minimum atomic E-state index is 0.785. The molecule has 3 rings (SSSR count). The molecule has 0 aliphatic carbocycles. The van der Waals surface area contributed by atoms with Crippen molar-refractivity contribution in [1.82, 2.24) is 5.32 Å². The van der Waals surface area contributed by atoms with Gasteiger partial charge in [0.1, 0.15) is 0 Å². The summed E-state index contributed by atoms with van der Waals surface area (Å²) in [4.78, 5) is 0. The third-order valence-electron chi connectivity index (χ3n) is 2.99. The van der Waals surface area contributed by atoms with E-state index in [1.54, 1.807) is 5.56 Å². The van der Waals surface area contributed by atoms with Crippen molar-refractivity contribution < 1.29 is 0 Å². The number of fused-ring (bicyclic) bond motifs is 3. The van der Waals surface area contributed by atoms with Crippen LogP contribution >= 0.6 is 11.3 Å². The van der Waals surface area contributed by atoms with Crippen molar-refractivity contribution in [2.75, 3.05) is 25.0 Å². The maximum absolute atomic E-state index is 3.48. The Bertz CT molecular complexity index is 294. The molecule has 1 aromatic rings. The molecule has 2 N–H and O–H groups in total. The Hall–Kier alpha value is -0.540. The van der Waals surface area contributed by atoms with Crippen molar-refractivity contribution >= 4 is 17.0 Å². The number of hydrogen-bond donors (Lipinski definition) is 2. The standard InChI is InChI=1S/C9H12N2S/c1-6-2-11-9-5-12-4-8(9)7(6)3-10-1/h4-7,10-11H,1-3H2/t6-,7+/m1/s1. The largest absolute Gasteiger partial charge is 0.384 e. The van der Waals surface area contributed by atoms with Gasteiger partial charge in [0.05, 0.1) is 0 Å². The molecule has 2 atom stereocenters. The third-order valence-corrected chi connectivity index (χ3v) is 3.75. The lowest BCUT2D eigenvalue weighted by molar-refractivity contribution is 0.532. The smallest absolute Gasteiger partial charge is 0.0484 e. The van der Waals surface area contributed by atoms with Crippen molar-refractivity contribution in [2.45, 2.75) is 5.92 Å². The molecular weight excluding hydrogens is 168 g/mol. The van der Waals surface area contributed by atoms with Crippen LogP contribution in [0.2, 0.25) is 0 Å². The van der Waals surface area contributed by atoms with E-state index in [1.165, 1.54) is 18.8 Å². The van der Waals surface area contributed by atoms with Gasteiger partial charge in [-0.2, -0.15) is 0 Å². The summed E-state index contributed by atoms with van der Waals surface area (Å²) in [5.41, 5.74) is 2.92. The molecule has 2 aliphatic heterocycles. The van der Waals surface area contributed by atoms with Crippen LogP contribution in [0, 0.1) is 5.92 Å². The van der Waals surface area contributed by atoms with Crippen LogP contribution < -0.4 is 10.6 Å². The number of thiophene rings is 1. The first kappa shape index (κ1) is 6.92. The van der Waals surface area contributed by atoms with E-state index in [1.807, 2.05) is 11.3 Å². The summed E-state index contributed by atoms with van der Waals surface area (Å²) in [6, 6.07) is 0. The van der Waals surface area contributed by atoms with Gasteiger partial charge >= 0.3 is 0 Å². The highest BCUT2D eigenvalue weighted by Crippen LogP contribution is 2.39. The minimum absolute atomic E-state index is 0.785. The molecule has 1 fully saturated rings. The van der Waals surface area contributed by atoms with Gasteiger partial charge in [0.25, 0.3) is 0 Å². The predicted octanol–water partition coefficient (Wildman–Crippen LogP) is 1.48. The fraction of sp³-hybridized carbons (Fsp3) is 0.556. The second-order valence-corrected chi connectivity index (χ2v) is 4.39. The average Bonchev–Trinajstić information content (AvgIpc) is 2.71. The van der Waals surface area contributed by atoms with E-state index in [2.05, 4.69) is 21.4 Å². The summed E-state index contributed by atoms with van der Waals surface area (Å²) in [7, 11) is 0. The molecule has 1 saturated heterocycles. The SMILES string of the molecule is c1scc2c1NC[C@H]1CNC[C@H]21. The zero-order valence-electron chi connectivity index (χ0n) is 6.84. The fourth-order valence-electron chi connectivity index (χ4n) is 2.29. The summed E-state index contributed by atoms with van der Waals surface area (Å²) in [5, 5.41) is 11.5. The van der Waals surface area contributed by atoms with Gasteiger partial charge in [-0.3, -0.25) is 0 Å². The van der Waals surface area contributed by atoms with Crippen molar-refractivity contribution in [3.63, 3.8) is 0 Å². The monoisotopic (exact) mass is 180 g/mol. The van der Waals surface area contributed by atoms with E-state index in [4.69, 9.17) is 0 Å². The number of nitrogens with one attached hydrogen (secondary N) is 2. The van der Waals surface area contributed by atoms with E-state index in [9.17, 15) is 0 Å². The van der Waals surface area contributed by atoms with Crippen molar-refractivity contribution in [3.05, 3.63) is 16.3 Å². The normalized spacial score (nSPS) is 32.3. The molecule has 0 amide bonds. The first-order valence-electron chi connectivity index (χ1n) is 4.46. The molecule has 3 heteroatoms. The lowest BCUT2D eigenvalue weighted by Gasteiger charge is -2.26. The first-order valence-corrected chi connectivity index (χ1v) is 5.40. The lowest BCUT2D eigenvalue weighted by Crippen LogP contribution is -2.25. The van der Waals surface area contributed by atoms with Gasteiger partial charge in [0.15, 0.2) is 0 Å². The summed E-state index contributed by atoms with van der Waals surface area (Å²) in [6.45, 7) is 3.52. The number of hydrogen-bond acceptors (Lipinski definition) is 3. The predicted molar refractivity (Wildman–Crippen MR) is 51.9 cm³/mol. The Labute approximate surface area is 76.0 Å². The van der Waals surface area contributed by atoms with Crippen molar-refractivity contribution in [1.29, 1.82) is 0 Å². The molecule has 0 unspecified atom stereocenters. The van der Waals surface area contributed by atoms with Crippen LogP contribution in [0.5, 0.6) is 0 Å². The van der Waals surface area contributed by atoms with Crippen LogP contribution in [0.1, 0.15) is 11.5 Å². The zero-order valence-corrected chi connectivity index (χ0v) is 7.66. The second-order valence-electron chi connectivity index (χ2n) is 3.65. The van der Waals surface area contributed by atoms with Crippen molar-refractivity contribution in [3.8, 4) is 0 Å². The molecule has 2 nitrogen and oxygen atoms in total. The fourth-order valence-corrected chi connectivity index (χ4v) is 3.16. The minimum Gasteiger partial charge on any atom is -0.384 e. The molecule has 12 heavy (non-hydrogen) atoms. The average molecular weight is 180 g/mol. The van der Waals surface area contributed by atoms with Gasteiger partial charge in [-0.05, 0) is 16.9 Å². The van der Waals surface area contributed by atoms with E-state index in [0.717, 1.165) is 18.4 Å². The highest BCUT2D eigenvalue weighted by Gasteiger charge is 2.33. The Balaban J connectivity index is 2.04. The third kappa shape index (κ3) is 0.836. The summed E-state index contributed by atoms with van der Waals surface area (Å²) in [5.74, 6) is 1.61. The number of anilines is 1. The maximum Gasteiger partial charge on any atom is 0.0484 e. The van der Waals surface area contributed by atoms with Gasteiger partial charge in [0.2, 0.25) is 0 Å². The molecule has 3 heterocycles. The van der Waals surface area contributed by atoms with Gasteiger partial charge in [-0.1, -0.05) is 0 Å². The van der Waals surface area contributed by atoms with Crippen LogP contribution in [0.4, 0.5) is 5.69 Å². The molecule has 1 aromatic heterocycles. The molecule has 0 aromatic carbocycles. The lowest BCUT2D eigenvalue weighted by atomic mass is 9.87. The highest BCUT2D eigenvalue weighted by molar-refractivity contribution is 7.08. The topological polar surface area (TPSA) is 24.1 Å². The Kier molecular flexibility index (Phi) is 1.43. The van der Waals surface area contributed by atoms with Crippen LogP contribution in [-0.4, -0.2) is 19.6 Å². The van der Waals surface area contributed by atoms with E-state index < -0.39 is 0 Å². The Morgan fingerprint density at radius 1 is 1.25 bits per heavy atom. The summed E-state index contributed by atoms with van der Waals surface area (Å²) < 4.78 is 0. The van der Waals surface area contributed by atoms with E-state index in [-0.39, 0.29) is 0 Å². The zero-order chi connectivity index (χ0) is 7.97. The van der Waals surface area contributed by atoms with Crippen LogP contribution in [0.25, 0.3) is 0 Å². The van der Waals surface area contributed by atoms with Gasteiger partial charge in [0, 0.05) is 36.6 Å². The van der Waals surface area contributed by atoms with Gasteiger partial charge < -0.3 is 10.6 Å². The molecule has 2 aliphatic rings. The second kappa shape index (κ2) is 2.47. The molecular formula is C9H12N2S. The van der Waals surface area contributed by atoms with E-state index in [0.29, 0.717) is 0 Å². The first-order chi connectivity index (χ1) is 5.95. The molecule has 0 spiro atoms. The van der Waals surface area contributed by atoms with E-state index >= 15 is 0 Å². The van der Waals surface area contributed by atoms with Gasteiger partial charge in [-0.25, -0.2) is 0 Å². The highest BCUT2D eigenvalue weighted by atomic mass is 32.1. The van der Waals surface area contributed by atoms with Gasteiger partial charge in [-0.15, -0.1) is 11.3 Å². The Morgan fingerprint density at radius 3 is 3.25 bits per heavy atom. The quantitative estimate of drug-likeness (QED) is 0.632. The molecule has 0 radical (unpaired) electrons. The molecule has 64 valence electrons. The maximum atomic E-state index is 3.48. The molecule has 0 saturated carbocycles. The van der Waals surface area contributed by atoms with Crippen LogP contribution in [0.3, 0.4) is 0 Å². The summed E-state index contributed by atoms with van der Waals surface area (Å²) >= 11 is 1.81. The molecule has 0 bridgehead atoms. The van der Waals surface area contributed by atoms with Crippen LogP contribution in [0.15, 0.2) is 10.8 Å². The summed E-state index contributed by atoms with van der Waals surface area (Å²) in [6.07, 6.45) is 0.